The summed E-state index contributed by atoms with van der Waals surface area (Å²) in [4.78, 5) is 21.4. The Labute approximate surface area is 183 Å². The van der Waals surface area contributed by atoms with Crippen molar-refractivity contribution in [3.8, 4) is 0 Å². The quantitative estimate of drug-likeness (QED) is 0.663. The number of piperazine rings is 1. The molecule has 0 radical (unpaired) electrons. The molecule has 0 unspecified atom stereocenters. The summed E-state index contributed by atoms with van der Waals surface area (Å²) >= 11 is 0. The average molecular weight is 446 g/mol. The Bertz CT molecular complexity index is 1130. The molecule has 1 N–H and O–H groups in total. The van der Waals surface area contributed by atoms with Gasteiger partial charge in [-0.15, -0.1) is 0 Å². The van der Waals surface area contributed by atoms with Gasteiger partial charge in [0.05, 0.1) is 23.5 Å². The van der Waals surface area contributed by atoms with Crippen LogP contribution >= 0.6 is 0 Å². The van der Waals surface area contributed by atoms with Gasteiger partial charge in [0.2, 0.25) is 0 Å². The molecule has 170 valence electrons. The maximum absolute atomic E-state index is 13.1. The Kier molecular flexibility index (Phi) is 5.81. The molecule has 32 heavy (non-hydrogen) atoms. The third-order valence-electron chi connectivity index (χ3n) is 5.65. The maximum atomic E-state index is 13.1. The van der Waals surface area contributed by atoms with Crippen molar-refractivity contribution >= 4 is 17.2 Å². The van der Waals surface area contributed by atoms with Crippen LogP contribution < -0.4 is 5.32 Å². The predicted octanol–water partition coefficient (Wildman–Crippen LogP) is 3.62. The fourth-order valence-electron chi connectivity index (χ4n) is 3.76. The molecule has 1 aromatic carbocycles. The summed E-state index contributed by atoms with van der Waals surface area (Å²) in [5.41, 5.74) is 1.35. The van der Waals surface area contributed by atoms with Crippen LogP contribution in [-0.2, 0) is 6.18 Å². The van der Waals surface area contributed by atoms with E-state index >= 15 is 0 Å². The van der Waals surface area contributed by atoms with E-state index in [2.05, 4.69) is 20.3 Å². The van der Waals surface area contributed by atoms with E-state index in [0.717, 1.165) is 25.2 Å². The number of nitrogens with one attached hydrogen (secondary N) is 1. The number of aryl methyl sites for hydroxylation is 1. The Hall–Kier alpha value is -3.14. The minimum Gasteiger partial charge on any atom is -0.362 e. The van der Waals surface area contributed by atoms with Gasteiger partial charge in [0.1, 0.15) is 5.52 Å². The molecule has 0 saturated carbocycles. The Morgan fingerprint density at radius 1 is 1.16 bits per heavy atom. The maximum Gasteiger partial charge on any atom is 0.416 e. The highest BCUT2D eigenvalue weighted by molar-refractivity contribution is 5.94. The molecule has 1 fully saturated rings. The number of amides is 1. The van der Waals surface area contributed by atoms with E-state index in [1.165, 1.54) is 6.07 Å². The SMILES string of the molecule is Cc1cn2nc(C(=O)N3CCN(C)CC3)cc2c(N[C@H](C)c2cccc(C(F)(F)F)c2)n1. The number of fused-ring (bicyclic) bond motifs is 1. The molecule has 7 nitrogen and oxygen atoms in total. The third kappa shape index (κ3) is 4.55. The van der Waals surface area contributed by atoms with E-state index in [1.54, 1.807) is 41.6 Å². The first kappa shape index (κ1) is 22.1. The van der Waals surface area contributed by atoms with E-state index in [-0.39, 0.29) is 5.91 Å². The standard InChI is InChI=1S/C22H25F3N6O/c1-14-13-31-19(12-18(28-31)21(32)30-9-7-29(3)8-10-30)20(26-14)27-15(2)16-5-4-6-17(11-16)22(23,24)25/h4-6,11-13,15H,7-10H2,1-3H3,(H,26,27)/t15-/m1/s1. The first-order chi connectivity index (χ1) is 15.1. The predicted molar refractivity (Wildman–Crippen MR) is 115 cm³/mol. The highest BCUT2D eigenvalue weighted by atomic mass is 19.4. The van der Waals surface area contributed by atoms with Crippen LogP contribution in [-0.4, -0.2) is 63.5 Å². The molecule has 1 aliphatic heterocycles. The second-order valence-corrected chi connectivity index (χ2v) is 8.18. The summed E-state index contributed by atoms with van der Waals surface area (Å²) in [6.07, 6.45) is -2.69. The molecule has 3 heterocycles. The Balaban J connectivity index is 1.61. The van der Waals surface area contributed by atoms with Crippen LogP contribution in [0, 0.1) is 6.92 Å². The van der Waals surface area contributed by atoms with Gasteiger partial charge in [-0.3, -0.25) is 4.79 Å². The largest absolute Gasteiger partial charge is 0.416 e. The summed E-state index contributed by atoms with van der Waals surface area (Å²) in [6.45, 7) is 6.45. The van der Waals surface area contributed by atoms with Gasteiger partial charge in [-0.1, -0.05) is 12.1 Å². The van der Waals surface area contributed by atoms with Crippen molar-refractivity contribution in [1.29, 1.82) is 0 Å². The van der Waals surface area contributed by atoms with E-state index in [4.69, 9.17) is 0 Å². The van der Waals surface area contributed by atoms with Crippen molar-refractivity contribution < 1.29 is 18.0 Å². The fraction of sp³-hybridized carbons (Fsp3) is 0.409. The molecular weight excluding hydrogens is 421 g/mol. The zero-order chi connectivity index (χ0) is 23.0. The van der Waals surface area contributed by atoms with Gasteiger partial charge in [-0.25, -0.2) is 9.50 Å². The zero-order valence-corrected chi connectivity index (χ0v) is 18.1. The number of carbonyl (C=O) groups excluding carboxylic acids is 1. The fourth-order valence-corrected chi connectivity index (χ4v) is 3.76. The average Bonchev–Trinajstić information content (AvgIpc) is 3.17. The molecular formula is C22H25F3N6O. The van der Waals surface area contributed by atoms with Crippen LogP contribution in [0.2, 0.25) is 0 Å². The second-order valence-electron chi connectivity index (χ2n) is 8.18. The summed E-state index contributed by atoms with van der Waals surface area (Å²) < 4.78 is 40.9. The van der Waals surface area contributed by atoms with Crippen molar-refractivity contribution in [3.63, 3.8) is 0 Å². The van der Waals surface area contributed by atoms with Gasteiger partial charge >= 0.3 is 6.18 Å². The molecule has 0 spiro atoms. The first-order valence-corrected chi connectivity index (χ1v) is 10.4. The topological polar surface area (TPSA) is 65.8 Å². The van der Waals surface area contributed by atoms with E-state index in [1.807, 2.05) is 7.05 Å². The highest BCUT2D eigenvalue weighted by Gasteiger charge is 2.31. The number of benzene rings is 1. The number of anilines is 1. The van der Waals surface area contributed by atoms with Gasteiger partial charge in [0.15, 0.2) is 11.5 Å². The summed E-state index contributed by atoms with van der Waals surface area (Å²) in [7, 11) is 2.02. The molecule has 2 aromatic heterocycles. The number of carbonyl (C=O) groups is 1. The number of nitrogens with zero attached hydrogens (tertiary/aromatic N) is 5. The lowest BCUT2D eigenvalue weighted by Gasteiger charge is -2.31. The third-order valence-corrected chi connectivity index (χ3v) is 5.65. The van der Waals surface area contributed by atoms with Gasteiger partial charge in [0, 0.05) is 32.2 Å². The summed E-state index contributed by atoms with van der Waals surface area (Å²) in [5.74, 6) is 0.316. The number of aromatic nitrogens is 3. The van der Waals surface area contributed by atoms with Crippen LogP contribution in [0.3, 0.4) is 0 Å². The Morgan fingerprint density at radius 3 is 2.56 bits per heavy atom. The van der Waals surface area contributed by atoms with Gasteiger partial charge in [-0.2, -0.15) is 18.3 Å². The van der Waals surface area contributed by atoms with E-state index < -0.39 is 17.8 Å². The number of halogens is 3. The van der Waals surface area contributed by atoms with Crippen molar-refractivity contribution in [2.45, 2.75) is 26.1 Å². The summed E-state index contributed by atoms with van der Waals surface area (Å²) in [6, 6.07) is 6.44. The number of rotatable bonds is 4. The molecule has 1 atom stereocenters. The Morgan fingerprint density at radius 2 is 1.88 bits per heavy atom. The normalized spacial score (nSPS) is 16.4. The number of hydrogen-bond donors (Lipinski definition) is 1. The van der Waals surface area contributed by atoms with Crippen LogP contribution in [0.5, 0.6) is 0 Å². The second kappa shape index (κ2) is 8.42. The smallest absolute Gasteiger partial charge is 0.362 e. The van der Waals surface area contributed by atoms with E-state index in [0.29, 0.717) is 41.4 Å². The zero-order valence-electron chi connectivity index (χ0n) is 18.1. The van der Waals surface area contributed by atoms with Gasteiger partial charge < -0.3 is 15.1 Å². The molecule has 0 bridgehead atoms. The number of likely N-dealkylation sites (N-methyl/N-ethyl adjacent to an activating group) is 1. The number of hydrogen-bond acceptors (Lipinski definition) is 5. The van der Waals surface area contributed by atoms with Gasteiger partial charge in [-0.05, 0) is 38.6 Å². The van der Waals surface area contributed by atoms with Crippen LogP contribution in [0.1, 0.15) is 40.3 Å². The molecule has 1 saturated heterocycles. The lowest BCUT2D eigenvalue weighted by Crippen LogP contribution is -2.47. The highest BCUT2D eigenvalue weighted by Crippen LogP contribution is 2.31. The molecule has 3 aromatic rings. The molecule has 1 amide bonds. The van der Waals surface area contributed by atoms with Crippen molar-refractivity contribution in [2.24, 2.45) is 0 Å². The van der Waals surface area contributed by atoms with Crippen molar-refractivity contribution in [3.05, 3.63) is 59.0 Å². The molecule has 10 heteroatoms. The van der Waals surface area contributed by atoms with Gasteiger partial charge in [0.25, 0.3) is 5.91 Å². The van der Waals surface area contributed by atoms with Crippen LogP contribution in [0.15, 0.2) is 36.5 Å². The molecule has 4 rings (SSSR count). The minimum absolute atomic E-state index is 0.142. The lowest BCUT2D eigenvalue weighted by molar-refractivity contribution is -0.137. The summed E-state index contributed by atoms with van der Waals surface area (Å²) in [5, 5.41) is 7.63. The van der Waals surface area contributed by atoms with E-state index in [9.17, 15) is 18.0 Å². The van der Waals surface area contributed by atoms with Crippen LogP contribution in [0.25, 0.3) is 5.52 Å². The van der Waals surface area contributed by atoms with Crippen molar-refractivity contribution in [1.82, 2.24) is 24.4 Å². The first-order valence-electron chi connectivity index (χ1n) is 10.4. The molecule has 0 aliphatic carbocycles. The molecule has 1 aliphatic rings. The monoisotopic (exact) mass is 446 g/mol. The number of alkyl halides is 3. The van der Waals surface area contributed by atoms with Crippen LogP contribution in [0.4, 0.5) is 19.0 Å². The lowest BCUT2D eigenvalue weighted by atomic mass is 10.0. The minimum atomic E-state index is -4.41. The van der Waals surface area contributed by atoms with Crippen molar-refractivity contribution in [2.75, 3.05) is 38.5 Å².